The molecule has 668 valence electrons. The summed E-state index contributed by atoms with van der Waals surface area (Å²) in [6.45, 7) is 19.2. The third-order valence-corrected chi connectivity index (χ3v) is 25.1. The van der Waals surface area contributed by atoms with Gasteiger partial charge >= 0.3 is 6.03 Å². The molecule has 25 heteroatoms. The number of carbonyl (C=O) groups is 6. The van der Waals surface area contributed by atoms with Gasteiger partial charge in [0.1, 0.15) is 16.4 Å². The second kappa shape index (κ2) is 45.6. The maximum Gasteiger partial charge on any atom is 0.326 e. The monoisotopic (exact) mass is 1800 g/mol. The number of carbonyl (C=O) groups excluding carboxylic acids is 6. The van der Waals surface area contributed by atoms with Gasteiger partial charge in [-0.1, -0.05) is 169 Å². The average Bonchev–Trinajstić information content (AvgIpc) is 1.62. The number of nitrogens with one attached hydrogen (secondary N) is 7. The van der Waals surface area contributed by atoms with Crippen LogP contribution in [0.5, 0.6) is 11.5 Å². The van der Waals surface area contributed by atoms with E-state index >= 15 is 0 Å². The lowest BCUT2D eigenvalue weighted by atomic mass is 9.89. The number of benzene rings is 11. The molecule has 7 N–H and O–H groups in total. The van der Waals surface area contributed by atoms with Gasteiger partial charge in [0.05, 0.1) is 42.5 Å². The molecule has 131 heavy (non-hydrogen) atoms. The normalized spacial score (nSPS) is 13.4. The summed E-state index contributed by atoms with van der Waals surface area (Å²) < 4.78 is 13.7. The van der Waals surface area contributed by atoms with Crippen LogP contribution in [-0.2, 0) is 13.1 Å². The van der Waals surface area contributed by atoms with E-state index in [0.717, 1.165) is 147 Å². The van der Waals surface area contributed by atoms with Gasteiger partial charge in [0.25, 0.3) is 29.5 Å². The number of thiocarbonyl (C=S) groups is 1. The molecular weight excluding hydrogens is 1700 g/mol. The molecule has 22 nitrogen and oxygen atoms in total. The van der Waals surface area contributed by atoms with Gasteiger partial charge < -0.3 is 41.0 Å². The Morgan fingerprint density at radius 3 is 1.69 bits per heavy atom. The fourth-order valence-corrected chi connectivity index (χ4v) is 17.2. The van der Waals surface area contributed by atoms with E-state index in [0.29, 0.717) is 79.0 Å². The summed E-state index contributed by atoms with van der Waals surface area (Å²) in [6.07, 6.45) is 9.71. The smallest absolute Gasteiger partial charge is 0.326 e. The first-order chi connectivity index (χ1) is 63.5. The second-order valence-corrected chi connectivity index (χ2v) is 33.9. The molecule has 3 aromatic heterocycles. The fourth-order valence-electron chi connectivity index (χ4n) is 15.5. The lowest BCUT2D eigenvalue weighted by Gasteiger charge is -2.37. The number of hydrogen-bond acceptors (Lipinski definition) is 16. The number of urea groups is 1. The topological polar surface area (TPSA) is 258 Å². The Kier molecular flexibility index (Phi) is 32.9. The van der Waals surface area contributed by atoms with Gasteiger partial charge in [-0.05, 0) is 270 Å². The van der Waals surface area contributed by atoms with Crippen molar-refractivity contribution < 1.29 is 38.2 Å². The number of para-hydroxylation sites is 1. The zero-order chi connectivity index (χ0) is 92.5. The predicted octanol–water partition coefficient (Wildman–Crippen LogP) is 21.6. The molecule has 7 amide bonds. The first-order valence-corrected chi connectivity index (χ1v) is 45.0. The maximum absolute atomic E-state index is 14.0. The van der Waals surface area contributed by atoms with Gasteiger partial charge in [-0.3, -0.25) is 49.5 Å². The summed E-state index contributed by atoms with van der Waals surface area (Å²) in [6, 6.07) is 86.6. The molecule has 0 spiro atoms. The molecule has 14 aromatic rings. The van der Waals surface area contributed by atoms with Crippen molar-refractivity contribution in [3.05, 3.63) is 373 Å². The Hall–Kier alpha value is -14.3. The van der Waals surface area contributed by atoms with Crippen molar-refractivity contribution in [2.75, 3.05) is 68.7 Å². The standard InChI is InChI=1S/C31H29N3O3S.C28H28ClN3OS.C24H23N3O4.C23H27N5/c1-19-10-15-26(32-31(38)34-30(36)25-16-20(2)21(3)28(17-25)37-4)18-27(19)33-29(35)24-13-11-23(12-14-24)22-8-6-5-7-9-22;1-30-22-9-11-23(12-10-22)32(28(33)27-26(29)24-7-2-3-8-25(24)34-27)18-19-5-4-6-21(17-19)20-13-15-31-16-14-20;1-15-12-18(13-21(31-3)16(15)2)23(29)27-24(30)26-20-11-7-10-19(14-20)25-22(28)17-8-5-4-6-9-17;1-19-23(20(2)28(25-19)22-11-7-4-8-12-22)17-24-27-15-13-26(14-16-27)18-21-9-5-3-6-10-21/h5-18H,1-4H3,(H,33,35)(H2,32,34,36,38);2-8,13-17,22-23,30H,9-12,18H2,1H3;4-14H,1-3H3,(H,25,28)(H2,26,27,29,30);3-12,17H,13-16,18H2,1-2H3/b;;;24-17+. The van der Waals surface area contributed by atoms with Gasteiger partial charge in [-0.15, -0.1) is 11.3 Å². The van der Waals surface area contributed by atoms with E-state index in [1.54, 1.807) is 86.0 Å². The summed E-state index contributed by atoms with van der Waals surface area (Å²) in [5.41, 5.74) is 19.9. The summed E-state index contributed by atoms with van der Waals surface area (Å²) in [5, 5.41) is 33.0. The van der Waals surface area contributed by atoms with Crippen LogP contribution in [0.2, 0.25) is 5.02 Å². The lowest BCUT2D eigenvalue weighted by molar-refractivity contribution is 0.0606. The summed E-state index contributed by atoms with van der Waals surface area (Å²) in [7, 11) is 5.12. The lowest BCUT2D eigenvalue weighted by Crippen LogP contribution is -2.44. The van der Waals surface area contributed by atoms with Crippen LogP contribution < -0.4 is 46.7 Å². The molecular formula is C106H107ClN14O8S2. The highest BCUT2D eigenvalue weighted by Gasteiger charge is 2.32. The maximum atomic E-state index is 14.0. The van der Waals surface area contributed by atoms with Crippen LogP contribution in [0.15, 0.2) is 290 Å². The minimum atomic E-state index is -0.686. The van der Waals surface area contributed by atoms with Gasteiger partial charge in [0.2, 0.25) is 0 Å². The Morgan fingerprint density at radius 1 is 0.511 bits per heavy atom. The minimum Gasteiger partial charge on any atom is -0.496 e. The van der Waals surface area contributed by atoms with Crippen LogP contribution >= 0.6 is 35.2 Å². The number of rotatable bonds is 22. The second-order valence-electron chi connectivity index (χ2n) is 32.1. The third kappa shape index (κ3) is 25.4. The number of ether oxygens (including phenoxy) is 2. The van der Waals surface area contributed by atoms with Gasteiger partial charge in [-0.25, -0.2) is 9.48 Å². The van der Waals surface area contributed by atoms with Crippen molar-refractivity contribution in [1.29, 1.82) is 0 Å². The zero-order valence-corrected chi connectivity index (χ0v) is 77.4. The van der Waals surface area contributed by atoms with Crippen molar-refractivity contribution in [3.8, 4) is 39.4 Å². The van der Waals surface area contributed by atoms with Gasteiger partial charge in [0.15, 0.2) is 5.11 Å². The highest BCUT2D eigenvalue weighted by atomic mass is 35.5. The average molecular weight is 1800 g/mol. The van der Waals surface area contributed by atoms with Crippen LogP contribution in [0.25, 0.3) is 38.0 Å². The molecule has 0 bridgehead atoms. The molecule has 0 radical (unpaired) electrons. The molecule has 11 aromatic carbocycles. The van der Waals surface area contributed by atoms with Crippen LogP contribution in [0.4, 0.5) is 27.5 Å². The first-order valence-electron chi connectivity index (χ1n) is 43.4. The van der Waals surface area contributed by atoms with Crippen molar-refractivity contribution >= 4 is 115 Å². The number of imide groups is 1. The zero-order valence-electron chi connectivity index (χ0n) is 75.0. The summed E-state index contributed by atoms with van der Waals surface area (Å²) in [5.74, 6) is -0.120. The van der Waals surface area contributed by atoms with Crippen LogP contribution in [0.1, 0.15) is 133 Å². The predicted molar refractivity (Wildman–Crippen MR) is 532 cm³/mol. The van der Waals surface area contributed by atoms with E-state index < -0.39 is 11.9 Å². The number of piperazine rings is 1. The van der Waals surface area contributed by atoms with E-state index in [9.17, 15) is 28.8 Å². The molecule has 1 aliphatic carbocycles. The highest BCUT2D eigenvalue weighted by Crippen LogP contribution is 2.39. The third-order valence-electron chi connectivity index (χ3n) is 23.2. The Morgan fingerprint density at radius 2 is 1.05 bits per heavy atom. The molecule has 1 aliphatic heterocycles. The number of aromatic nitrogens is 3. The van der Waals surface area contributed by atoms with Crippen molar-refractivity contribution in [3.63, 3.8) is 0 Å². The van der Waals surface area contributed by atoms with Gasteiger partial charge in [0, 0.05) is 124 Å². The Labute approximate surface area is 779 Å². The highest BCUT2D eigenvalue weighted by molar-refractivity contribution is 7.80. The number of thiophene rings is 1. The number of aryl methyl sites for hydroxylation is 4. The Balaban J connectivity index is 0.000000149. The first kappa shape index (κ1) is 94.3. The number of fused-ring (bicyclic) bond motifs is 1. The molecule has 2 aliphatic rings. The van der Waals surface area contributed by atoms with Crippen LogP contribution in [-0.4, -0.2) is 136 Å². The van der Waals surface area contributed by atoms with Crippen LogP contribution in [0.3, 0.4) is 0 Å². The molecule has 4 heterocycles. The largest absolute Gasteiger partial charge is 0.496 e. The van der Waals surface area contributed by atoms with E-state index in [4.69, 9.17) is 43.5 Å². The number of nitrogens with zero attached hydrogens (tertiary/aromatic N) is 7. The van der Waals surface area contributed by atoms with Gasteiger partial charge in [-0.2, -0.15) is 10.2 Å². The van der Waals surface area contributed by atoms with Crippen molar-refractivity contribution in [2.45, 2.75) is 99.3 Å². The minimum absolute atomic E-state index is 0.0356. The van der Waals surface area contributed by atoms with Crippen molar-refractivity contribution in [2.24, 2.45) is 5.10 Å². The van der Waals surface area contributed by atoms with Crippen molar-refractivity contribution in [1.82, 2.24) is 45.5 Å². The molecule has 1 saturated carbocycles. The summed E-state index contributed by atoms with van der Waals surface area (Å²) in [4.78, 5) is 86.0. The Bertz CT molecular complexity index is 6370. The van der Waals surface area contributed by atoms with E-state index in [1.165, 1.54) is 24.0 Å². The number of amides is 7. The molecule has 0 unspecified atom stereocenters. The SMILES string of the molecule is CNC1CCC(N(Cc2cccc(-c3ccncc3)c2)C(=O)c2sc3ccccc3c2Cl)CC1.COc1cc(C(=O)NC(=O)Nc2cccc(NC(=O)c3ccccc3)c2)cc(C)c1C.COc1cc(C(=O)NC(=S)Nc2ccc(C)c(NC(=O)c3ccc(-c4ccccc4)cc3)c2)cc(C)c1C.Cc1nn(-c2ccccc2)c(C)c1/C=N/N1CCN(Cc2ccccc2)CC1. The van der Waals surface area contributed by atoms with E-state index in [2.05, 4.69) is 131 Å². The molecule has 16 rings (SSSR count). The number of anilines is 4. The van der Waals surface area contributed by atoms with Crippen LogP contribution in [0, 0.1) is 48.5 Å². The van der Waals surface area contributed by atoms with E-state index in [-0.39, 0.29) is 34.8 Å². The number of methoxy groups -OCH3 is 2. The fraction of sp³-hybridized carbons (Fsp3) is 0.208. The number of halogens is 1. The molecule has 0 atom stereocenters. The summed E-state index contributed by atoms with van der Waals surface area (Å²) >= 11 is 13.6. The number of pyridine rings is 1. The van der Waals surface area contributed by atoms with E-state index in [1.807, 2.05) is 199 Å². The number of hydrogen-bond donors (Lipinski definition) is 7. The number of hydrazone groups is 1. The molecule has 1 saturated heterocycles. The molecule has 2 fully saturated rings. The quantitative estimate of drug-likeness (QED) is 0.0246.